The maximum atomic E-state index is 5.89. The van der Waals surface area contributed by atoms with Crippen molar-refractivity contribution >= 4 is 16.7 Å². The summed E-state index contributed by atoms with van der Waals surface area (Å²) in [7, 11) is 0. The summed E-state index contributed by atoms with van der Waals surface area (Å²) in [6.45, 7) is 8.02. The van der Waals surface area contributed by atoms with Crippen molar-refractivity contribution in [1.29, 1.82) is 0 Å². The van der Waals surface area contributed by atoms with Crippen molar-refractivity contribution in [3.05, 3.63) is 54.1 Å². The molecule has 0 saturated carbocycles. The third-order valence-corrected chi connectivity index (χ3v) is 4.61. The molecule has 2 aromatic carbocycles. The molecule has 0 unspecified atom stereocenters. The van der Waals surface area contributed by atoms with Crippen molar-refractivity contribution in [1.82, 2.24) is 9.97 Å². The van der Waals surface area contributed by atoms with Crippen LogP contribution in [-0.4, -0.2) is 35.3 Å². The lowest BCUT2D eigenvalue weighted by Crippen LogP contribution is -2.46. The van der Waals surface area contributed by atoms with Gasteiger partial charge in [-0.3, -0.25) is 0 Å². The number of nitrogens with zero attached hydrogens (tertiary/aromatic N) is 3. The molecule has 1 aliphatic rings. The van der Waals surface area contributed by atoms with Gasteiger partial charge in [-0.05, 0) is 32.9 Å². The Kier molecular flexibility index (Phi) is 4.14. The summed E-state index contributed by atoms with van der Waals surface area (Å²) in [4.78, 5) is 12.1. The number of benzene rings is 2. The second-order valence-electron chi connectivity index (χ2n) is 6.92. The quantitative estimate of drug-likeness (QED) is 0.704. The number of aryl methyl sites for hydroxylation is 1. The van der Waals surface area contributed by atoms with Crippen LogP contribution < -0.4 is 4.90 Å². The van der Waals surface area contributed by atoms with Crippen LogP contribution in [0.3, 0.4) is 0 Å². The smallest absolute Gasteiger partial charge is 0.162 e. The fourth-order valence-electron chi connectivity index (χ4n) is 3.48. The van der Waals surface area contributed by atoms with Crippen LogP contribution in [0, 0.1) is 6.92 Å². The van der Waals surface area contributed by atoms with Gasteiger partial charge in [-0.15, -0.1) is 0 Å². The third kappa shape index (κ3) is 3.22. The van der Waals surface area contributed by atoms with E-state index in [2.05, 4.69) is 62.1 Å². The van der Waals surface area contributed by atoms with E-state index in [-0.39, 0.29) is 12.2 Å². The monoisotopic (exact) mass is 333 g/mol. The van der Waals surface area contributed by atoms with Crippen LogP contribution in [0.15, 0.2) is 48.5 Å². The van der Waals surface area contributed by atoms with Gasteiger partial charge in [0.25, 0.3) is 0 Å². The number of anilines is 1. The molecule has 0 radical (unpaired) electrons. The highest BCUT2D eigenvalue weighted by Crippen LogP contribution is 2.29. The minimum Gasteiger partial charge on any atom is -0.372 e. The molecule has 1 saturated heterocycles. The van der Waals surface area contributed by atoms with Crippen molar-refractivity contribution in [3.63, 3.8) is 0 Å². The first-order valence-corrected chi connectivity index (χ1v) is 8.84. The number of hydrogen-bond donors (Lipinski definition) is 0. The first kappa shape index (κ1) is 16.0. The first-order valence-electron chi connectivity index (χ1n) is 8.84. The van der Waals surface area contributed by atoms with E-state index in [1.165, 1.54) is 5.56 Å². The zero-order valence-corrected chi connectivity index (χ0v) is 14.9. The van der Waals surface area contributed by atoms with Gasteiger partial charge in [0.05, 0.1) is 17.7 Å². The van der Waals surface area contributed by atoms with Gasteiger partial charge in [-0.1, -0.05) is 42.0 Å². The van der Waals surface area contributed by atoms with Gasteiger partial charge < -0.3 is 9.64 Å². The van der Waals surface area contributed by atoms with Crippen LogP contribution in [0.5, 0.6) is 0 Å². The fraction of sp³-hybridized carbons (Fsp3) is 0.333. The van der Waals surface area contributed by atoms with E-state index in [1.54, 1.807) is 0 Å². The Labute approximate surface area is 148 Å². The summed E-state index contributed by atoms with van der Waals surface area (Å²) in [6, 6.07) is 16.6. The van der Waals surface area contributed by atoms with E-state index in [0.29, 0.717) is 0 Å². The van der Waals surface area contributed by atoms with Crippen LogP contribution in [0.2, 0.25) is 0 Å². The number of fused-ring (bicyclic) bond motifs is 1. The average Bonchev–Trinajstić information content (AvgIpc) is 2.60. The van der Waals surface area contributed by atoms with Crippen molar-refractivity contribution in [2.45, 2.75) is 33.0 Å². The van der Waals surface area contributed by atoms with Crippen molar-refractivity contribution < 1.29 is 4.74 Å². The highest BCUT2D eigenvalue weighted by Gasteiger charge is 2.25. The van der Waals surface area contributed by atoms with Crippen LogP contribution in [-0.2, 0) is 4.74 Å². The number of para-hydroxylation sites is 1. The molecule has 1 fully saturated rings. The van der Waals surface area contributed by atoms with Crippen LogP contribution in [0.4, 0.5) is 5.82 Å². The molecule has 1 aliphatic heterocycles. The Bertz CT molecular complexity index is 881. The first-order chi connectivity index (χ1) is 12.1. The molecule has 0 bridgehead atoms. The van der Waals surface area contributed by atoms with E-state index in [9.17, 15) is 0 Å². The summed E-state index contributed by atoms with van der Waals surface area (Å²) in [6.07, 6.45) is 0.389. The van der Waals surface area contributed by atoms with E-state index in [4.69, 9.17) is 14.7 Å². The molecule has 1 aromatic heterocycles. The Hall–Kier alpha value is -2.46. The van der Waals surface area contributed by atoms with Gasteiger partial charge in [0, 0.05) is 24.0 Å². The topological polar surface area (TPSA) is 38.2 Å². The highest BCUT2D eigenvalue weighted by atomic mass is 16.5. The van der Waals surface area contributed by atoms with Crippen LogP contribution in [0.25, 0.3) is 22.3 Å². The molecule has 0 aliphatic carbocycles. The number of ether oxygens (including phenoxy) is 1. The molecule has 0 N–H and O–H groups in total. The van der Waals surface area contributed by atoms with Gasteiger partial charge in [0.1, 0.15) is 5.82 Å². The summed E-state index contributed by atoms with van der Waals surface area (Å²) >= 11 is 0. The predicted octanol–water partition coefficient (Wildman–Crippen LogP) is 4.22. The molecule has 4 rings (SSSR count). The van der Waals surface area contributed by atoms with Gasteiger partial charge in [0.15, 0.2) is 5.82 Å². The Morgan fingerprint density at radius 1 is 0.920 bits per heavy atom. The molecular weight excluding hydrogens is 310 g/mol. The second-order valence-corrected chi connectivity index (χ2v) is 6.92. The SMILES string of the molecule is Cc1ccc(-c2nc(N3C[C@H](C)O[C@@H](C)C3)c3ccccc3n2)cc1. The standard InChI is InChI=1S/C21H23N3O/c1-14-8-10-17(11-9-14)20-22-19-7-5-4-6-18(19)21(23-20)24-12-15(2)25-16(3)13-24/h4-11,15-16H,12-13H2,1-3H3/t15-,16-/m0/s1. The molecule has 25 heavy (non-hydrogen) atoms. The molecule has 3 aromatic rings. The van der Waals surface area contributed by atoms with Gasteiger partial charge >= 0.3 is 0 Å². The lowest BCUT2D eigenvalue weighted by Gasteiger charge is -2.36. The minimum atomic E-state index is 0.195. The Morgan fingerprint density at radius 2 is 1.60 bits per heavy atom. The molecule has 4 nitrogen and oxygen atoms in total. The van der Waals surface area contributed by atoms with E-state index < -0.39 is 0 Å². The number of morpholine rings is 1. The lowest BCUT2D eigenvalue weighted by molar-refractivity contribution is -0.00536. The normalized spacial score (nSPS) is 20.8. The largest absolute Gasteiger partial charge is 0.372 e. The summed E-state index contributed by atoms with van der Waals surface area (Å²) in [5.41, 5.74) is 3.27. The summed E-state index contributed by atoms with van der Waals surface area (Å²) < 4.78 is 5.89. The maximum absolute atomic E-state index is 5.89. The molecular formula is C21H23N3O. The van der Waals surface area contributed by atoms with Gasteiger partial charge in [0.2, 0.25) is 0 Å². The van der Waals surface area contributed by atoms with Gasteiger partial charge in [-0.2, -0.15) is 0 Å². The molecule has 128 valence electrons. The summed E-state index contributed by atoms with van der Waals surface area (Å²) in [5.74, 6) is 1.78. The fourth-order valence-corrected chi connectivity index (χ4v) is 3.48. The number of rotatable bonds is 2. The van der Waals surface area contributed by atoms with Gasteiger partial charge in [-0.25, -0.2) is 9.97 Å². The maximum Gasteiger partial charge on any atom is 0.162 e. The van der Waals surface area contributed by atoms with Crippen molar-refractivity contribution in [2.75, 3.05) is 18.0 Å². The molecule has 2 atom stereocenters. The van der Waals surface area contributed by atoms with Crippen LogP contribution >= 0.6 is 0 Å². The molecule has 4 heteroatoms. The van der Waals surface area contributed by atoms with E-state index in [0.717, 1.165) is 41.2 Å². The Balaban J connectivity index is 1.85. The van der Waals surface area contributed by atoms with Crippen molar-refractivity contribution in [3.8, 4) is 11.4 Å². The van der Waals surface area contributed by atoms with E-state index in [1.807, 2.05) is 12.1 Å². The summed E-state index contributed by atoms with van der Waals surface area (Å²) in [5, 5.41) is 1.10. The van der Waals surface area contributed by atoms with Crippen LogP contribution in [0.1, 0.15) is 19.4 Å². The van der Waals surface area contributed by atoms with Crippen molar-refractivity contribution in [2.24, 2.45) is 0 Å². The minimum absolute atomic E-state index is 0.195. The van der Waals surface area contributed by atoms with E-state index >= 15 is 0 Å². The predicted molar refractivity (Wildman–Crippen MR) is 102 cm³/mol. The molecule has 0 spiro atoms. The lowest BCUT2D eigenvalue weighted by atomic mass is 10.1. The zero-order valence-electron chi connectivity index (χ0n) is 14.9. The molecule has 0 amide bonds. The molecule has 2 heterocycles. The highest BCUT2D eigenvalue weighted by molar-refractivity contribution is 5.91. The third-order valence-electron chi connectivity index (χ3n) is 4.61. The average molecular weight is 333 g/mol. The number of aromatic nitrogens is 2. The zero-order chi connectivity index (χ0) is 17.4. The Morgan fingerprint density at radius 3 is 2.32 bits per heavy atom. The number of hydrogen-bond acceptors (Lipinski definition) is 4. The second kappa shape index (κ2) is 6.45.